The molecule has 45 heavy (non-hydrogen) atoms. The third-order valence-electron chi connectivity index (χ3n) is 8.49. The molecule has 0 saturated carbocycles. The highest BCUT2D eigenvalue weighted by molar-refractivity contribution is 7.85. The first-order valence-corrected chi connectivity index (χ1v) is 17.0. The van der Waals surface area contributed by atoms with Crippen LogP contribution in [0.2, 0.25) is 0 Å². The van der Waals surface area contributed by atoms with Crippen LogP contribution < -0.4 is 9.80 Å². The summed E-state index contributed by atoms with van der Waals surface area (Å²) in [7, 11) is -4.45. The Morgan fingerprint density at radius 1 is 0.600 bits per heavy atom. The molecule has 1 N–H and O–H groups in total. The zero-order valence-corrected chi connectivity index (χ0v) is 27.3. The van der Waals surface area contributed by atoms with Gasteiger partial charge in [-0.1, -0.05) is 103 Å². The van der Waals surface area contributed by atoms with Gasteiger partial charge in [0.25, 0.3) is 10.1 Å². The van der Waals surface area contributed by atoms with Gasteiger partial charge in [0.2, 0.25) is 0 Å². The van der Waals surface area contributed by atoms with Crippen LogP contribution in [0.5, 0.6) is 0 Å². The summed E-state index contributed by atoms with van der Waals surface area (Å²) >= 11 is 0. The SMILES string of the molecule is CCN(Cc1ccccc1)c1ccc(C(c2ccc(N(CC)Cc3ccccc3)c(C)c2)c2ccccc2S(=O)(=O)O)cc1C. The molecule has 5 aromatic carbocycles. The van der Waals surface area contributed by atoms with E-state index in [9.17, 15) is 13.0 Å². The molecule has 0 bridgehead atoms. The smallest absolute Gasteiger partial charge is 0.294 e. The molecule has 0 aliphatic carbocycles. The molecule has 0 amide bonds. The van der Waals surface area contributed by atoms with Gasteiger partial charge in [-0.2, -0.15) is 8.42 Å². The molecular formula is C39H42N2O3S. The van der Waals surface area contributed by atoms with Gasteiger partial charge in [0, 0.05) is 43.5 Å². The van der Waals surface area contributed by atoms with Gasteiger partial charge in [0.05, 0.1) is 4.90 Å². The minimum Gasteiger partial charge on any atom is -0.367 e. The Bertz CT molecular complexity index is 1740. The van der Waals surface area contributed by atoms with Gasteiger partial charge in [-0.25, -0.2) is 0 Å². The summed E-state index contributed by atoms with van der Waals surface area (Å²) in [6.07, 6.45) is 0. The van der Waals surface area contributed by atoms with Crippen molar-refractivity contribution in [1.29, 1.82) is 0 Å². The Labute approximate surface area is 268 Å². The lowest BCUT2D eigenvalue weighted by Crippen LogP contribution is -2.23. The zero-order chi connectivity index (χ0) is 32.0. The first-order valence-electron chi connectivity index (χ1n) is 15.5. The van der Waals surface area contributed by atoms with Crippen LogP contribution in [0.25, 0.3) is 0 Å². The maximum absolute atomic E-state index is 12.6. The van der Waals surface area contributed by atoms with E-state index in [4.69, 9.17) is 0 Å². The molecule has 0 saturated heterocycles. The third kappa shape index (κ3) is 7.47. The molecule has 0 aliphatic heterocycles. The molecule has 0 radical (unpaired) electrons. The van der Waals surface area contributed by atoms with Crippen molar-refractivity contribution in [2.24, 2.45) is 0 Å². The van der Waals surface area contributed by atoms with E-state index in [0.29, 0.717) is 5.56 Å². The number of rotatable bonds is 12. The topological polar surface area (TPSA) is 60.9 Å². The van der Waals surface area contributed by atoms with Crippen molar-refractivity contribution >= 4 is 21.5 Å². The molecule has 5 rings (SSSR count). The predicted octanol–water partition coefficient (Wildman–Crippen LogP) is 8.78. The zero-order valence-electron chi connectivity index (χ0n) is 26.5. The molecule has 0 fully saturated rings. The Morgan fingerprint density at radius 3 is 1.42 bits per heavy atom. The van der Waals surface area contributed by atoms with E-state index in [1.807, 2.05) is 24.3 Å². The monoisotopic (exact) mass is 618 g/mol. The van der Waals surface area contributed by atoms with Gasteiger partial charge in [-0.3, -0.25) is 4.55 Å². The first-order chi connectivity index (χ1) is 21.7. The number of anilines is 2. The molecule has 0 spiro atoms. The second-order valence-corrected chi connectivity index (χ2v) is 12.9. The first kappa shape index (κ1) is 32.0. The number of aryl methyl sites for hydroxylation is 2. The predicted molar refractivity (Wildman–Crippen MR) is 186 cm³/mol. The van der Waals surface area contributed by atoms with Crippen LogP contribution in [-0.2, 0) is 23.2 Å². The number of nitrogens with zero attached hydrogens (tertiary/aromatic N) is 2. The Hall–Kier alpha value is -4.39. The van der Waals surface area contributed by atoms with Gasteiger partial charge >= 0.3 is 0 Å². The molecule has 6 heteroatoms. The quantitative estimate of drug-likeness (QED) is 0.112. The molecule has 0 aliphatic rings. The minimum absolute atomic E-state index is 0.0722. The second-order valence-electron chi connectivity index (χ2n) is 11.5. The fourth-order valence-corrected chi connectivity index (χ4v) is 7.01. The number of benzene rings is 5. The molecular weight excluding hydrogens is 577 g/mol. The average Bonchev–Trinajstić information content (AvgIpc) is 3.04. The van der Waals surface area contributed by atoms with Crippen LogP contribution in [0, 0.1) is 13.8 Å². The lowest BCUT2D eigenvalue weighted by atomic mass is 9.83. The van der Waals surface area contributed by atoms with Crippen molar-refractivity contribution in [3.63, 3.8) is 0 Å². The largest absolute Gasteiger partial charge is 0.367 e. The van der Waals surface area contributed by atoms with E-state index in [0.717, 1.165) is 59.8 Å². The molecule has 0 atom stereocenters. The highest BCUT2D eigenvalue weighted by Gasteiger charge is 2.26. The molecule has 0 unspecified atom stereocenters. The molecule has 0 aromatic heterocycles. The summed E-state index contributed by atoms with van der Waals surface area (Å²) in [4.78, 5) is 4.62. The van der Waals surface area contributed by atoms with Crippen molar-refractivity contribution in [3.05, 3.63) is 160 Å². The summed E-state index contributed by atoms with van der Waals surface area (Å²) < 4.78 is 35.5. The molecule has 232 valence electrons. The fourth-order valence-electron chi connectivity index (χ4n) is 6.27. The van der Waals surface area contributed by atoms with Gasteiger partial charge in [-0.05, 0) is 84.8 Å². The van der Waals surface area contributed by atoms with Gasteiger partial charge in [0.15, 0.2) is 0 Å². The summed E-state index contributed by atoms with van der Waals surface area (Å²) in [6, 6.07) is 40.4. The van der Waals surface area contributed by atoms with E-state index in [1.165, 1.54) is 17.2 Å². The lowest BCUT2D eigenvalue weighted by molar-refractivity contribution is 0.482. The van der Waals surface area contributed by atoms with Crippen LogP contribution in [0.1, 0.15) is 58.7 Å². The normalized spacial score (nSPS) is 11.5. The van der Waals surface area contributed by atoms with Crippen molar-refractivity contribution in [3.8, 4) is 0 Å². The van der Waals surface area contributed by atoms with Crippen LogP contribution in [-0.4, -0.2) is 26.1 Å². The highest BCUT2D eigenvalue weighted by Crippen LogP contribution is 2.39. The third-order valence-corrected chi connectivity index (χ3v) is 9.42. The van der Waals surface area contributed by atoms with E-state index < -0.39 is 16.0 Å². The molecule has 0 heterocycles. The Morgan fingerprint density at radius 2 is 1.02 bits per heavy atom. The molecule has 5 nitrogen and oxygen atoms in total. The van der Waals surface area contributed by atoms with Crippen LogP contribution >= 0.6 is 0 Å². The summed E-state index contributed by atoms with van der Waals surface area (Å²) in [5, 5.41) is 0. The number of hydrogen-bond donors (Lipinski definition) is 1. The summed E-state index contributed by atoms with van der Waals surface area (Å²) in [5.74, 6) is -0.406. The van der Waals surface area contributed by atoms with Crippen molar-refractivity contribution in [1.82, 2.24) is 0 Å². The number of hydrogen-bond acceptors (Lipinski definition) is 4. The minimum atomic E-state index is -4.45. The van der Waals surface area contributed by atoms with E-state index in [-0.39, 0.29) is 4.90 Å². The molecule has 5 aromatic rings. The van der Waals surface area contributed by atoms with E-state index in [1.54, 1.807) is 6.07 Å². The second kappa shape index (κ2) is 14.1. The average molecular weight is 619 g/mol. The Balaban J connectivity index is 1.58. The maximum Gasteiger partial charge on any atom is 0.294 e. The van der Waals surface area contributed by atoms with Gasteiger partial charge < -0.3 is 9.80 Å². The van der Waals surface area contributed by atoms with E-state index >= 15 is 0 Å². The lowest BCUT2D eigenvalue weighted by Gasteiger charge is -2.28. The van der Waals surface area contributed by atoms with Crippen molar-refractivity contribution in [2.75, 3.05) is 22.9 Å². The van der Waals surface area contributed by atoms with Crippen LogP contribution in [0.4, 0.5) is 11.4 Å². The Kier molecular flexibility index (Phi) is 10.1. The van der Waals surface area contributed by atoms with Crippen LogP contribution in [0.15, 0.2) is 126 Å². The standard InChI is InChI=1S/C39H42N2O3S/c1-5-40(27-31-15-9-7-10-16-31)36-23-21-33(25-29(36)3)39(35-19-13-14-20-38(35)45(42,43)44)34-22-24-37(30(4)26-34)41(6-2)28-32-17-11-8-12-18-32/h7-26,39H,5-6,27-28H2,1-4H3,(H,42,43,44). The van der Waals surface area contributed by atoms with Gasteiger partial charge in [0.1, 0.15) is 0 Å². The van der Waals surface area contributed by atoms with Gasteiger partial charge in [-0.15, -0.1) is 0 Å². The van der Waals surface area contributed by atoms with Crippen LogP contribution in [0.3, 0.4) is 0 Å². The van der Waals surface area contributed by atoms with Crippen molar-refractivity contribution < 1.29 is 13.0 Å². The van der Waals surface area contributed by atoms with Crippen molar-refractivity contribution in [2.45, 2.75) is 51.6 Å². The fraction of sp³-hybridized carbons (Fsp3) is 0.231. The maximum atomic E-state index is 12.6. The summed E-state index contributed by atoms with van der Waals surface area (Å²) in [6.45, 7) is 11.8. The highest BCUT2D eigenvalue weighted by atomic mass is 32.2. The van der Waals surface area contributed by atoms with E-state index in [2.05, 4.69) is 122 Å². The summed E-state index contributed by atoms with van der Waals surface area (Å²) in [5.41, 5.74) is 9.45.